The van der Waals surface area contributed by atoms with Crippen LogP contribution in [0.3, 0.4) is 0 Å². The summed E-state index contributed by atoms with van der Waals surface area (Å²) in [6.45, 7) is 5.87. The van der Waals surface area contributed by atoms with Gasteiger partial charge in [-0.25, -0.2) is 0 Å². The van der Waals surface area contributed by atoms with Gasteiger partial charge in [-0.05, 0) is 30.9 Å². The molecule has 0 bridgehead atoms. The molecule has 0 saturated carbocycles. The Bertz CT molecular complexity index is 473. The highest BCUT2D eigenvalue weighted by Crippen LogP contribution is 2.36. The lowest BCUT2D eigenvalue weighted by atomic mass is 9.97. The predicted molar refractivity (Wildman–Crippen MR) is 67.6 cm³/mol. The number of carbonyl (C=O) groups excluding carboxylic acids is 2. The molecule has 0 radical (unpaired) electrons. The van der Waals surface area contributed by atoms with Crippen molar-refractivity contribution in [2.24, 2.45) is 0 Å². The van der Waals surface area contributed by atoms with Crippen molar-refractivity contribution in [2.75, 3.05) is 6.79 Å². The van der Waals surface area contributed by atoms with E-state index in [0.29, 0.717) is 0 Å². The molecule has 1 aliphatic rings. The highest BCUT2D eigenvalue weighted by atomic mass is 32.1. The Morgan fingerprint density at radius 1 is 1.11 bits per heavy atom. The third-order valence-electron chi connectivity index (χ3n) is 3.19. The molecule has 0 aromatic carbocycles. The largest absolute Gasteiger partial charge is 0.427 e. The second kappa shape index (κ2) is 5.10. The zero-order valence-corrected chi connectivity index (χ0v) is 11.6. The van der Waals surface area contributed by atoms with Crippen molar-refractivity contribution in [1.29, 1.82) is 0 Å². The van der Waals surface area contributed by atoms with Gasteiger partial charge in [0.25, 0.3) is 0 Å². The monoisotopic (exact) mass is 268 g/mol. The molecule has 1 fully saturated rings. The van der Waals surface area contributed by atoms with Gasteiger partial charge in [0.05, 0.1) is 0 Å². The molecule has 0 aliphatic carbocycles. The zero-order valence-electron chi connectivity index (χ0n) is 10.7. The number of aryl methyl sites for hydroxylation is 1. The lowest BCUT2D eigenvalue weighted by molar-refractivity contribution is -0.184. The maximum absolute atomic E-state index is 11.8. The van der Waals surface area contributed by atoms with Crippen LogP contribution in [0.2, 0.25) is 0 Å². The summed E-state index contributed by atoms with van der Waals surface area (Å²) in [4.78, 5) is 25.5. The van der Waals surface area contributed by atoms with Crippen LogP contribution in [0.4, 0.5) is 0 Å². The Labute approximate surface area is 110 Å². The SMILES string of the molecule is CCc1c(C)sc(C2C(=O)OCOC2=O)c1CC. The molecule has 2 rings (SSSR count). The minimum Gasteiger partial charge on any atom is -0.427 e. The first-order valence-corrected chi connectivity index (χ1v) is 6.86. The smallest absolute Gasteiger partial charge is 0.328 e. The van der Waals surface area contributed by atoms with E-state index in [4.69, 9.17) is 9.47 Å². The quantitative estimate of drug-likeness (QED) is 0.623. The molecule has 0 unspecified atom stereocenters. The van der Waals surface area contributed by atoms with Gasteiger partial charge in [-0.3, -0.25) is 9.59 Å². The molecule has 1 saturated heterocycles. The molecule has 1 aromatic heterocycles. The fraction of sp³-hybridized carbons (Fsp3) is 0.538. The normalized spacial score (nSPS) is 16.6. The Hall–Kier alpha value is -1.36. The number of hydrogen-bond donors (Lipinski definition) is 0. The van der Waals surface area contributed by atoms with Gasteiger partial charge >= 0.3 is 11.9 Å². The number of ether oxygens (including phenoxy) is 2. The van der Waals surface area contributed by atoms with E-state index in [0.717, 1.165) is 28.2 Å². The van der Waals surface area contributed by atoms with Crippen LogP contribution in [0.15, 0.2) is 0 Å². The van der Waals surface area contributed by atoms with E-state index in [2.05, 4.69) is 6.92 Å². The lowest BCUT2D eigenvalue weighted by Crippen LogP contribution is -2.32. The summed E-state index contributed by atoms with van der Waals surface area (Å²) in [5, 5.41) is 0. The predicted octanol–water partition coefficient (Wildman–Crippen LogP) is 2.32. The summed E-state index contributed by atoms with van der Waals surface area (Å²) in [5.74, 6) is -1.88. The molecule has 5 heteroatoms. The van der Waals surface area contributed by atoms with Crippen LogP contribution in [0.1, 0.15) is 40.6 Å². The van der Waals surface area contributed by atoms with Crippen molar-refractivity contribution in [2.45, 2.75) is 39.5 Å². The summed E-state index contributed by atoms with van der Waals surface area (Å²) in [5.41, 5.74) is 2.34. The lowest BCUT2D eigenvalue weighted by Gasteiger charge is -2.20. The molecular formula is C13H16O4S. The third kappa shape index (κ3) is 2.03. The van der Waals surface area contributed by atoms with Gasteiger partial charge in [-0.15, -0.1) is 11.3 Å². The molecule has 0 spiro atoms. The average Bonchev–Trinajstić information content (AvgIpc) is 2.65. The summed E-state index contributed by atoms with van der Waals surface area (Å²) >= 11 is 1.50. The summed E-state index contributed by atoms with van der Waals surface area (Å²) in [6.07, 6.45) is 1.71. The van der Waals surface area contributed by atoms with Crippen molar-refractivity contribution in [3.05, 3.63) is 20.9 Å². The zero-order chi connectivity index (χ0) is 13.3. The minimum absolute atomic E-state index is 0.263. The molecule has 0 N–H and O–H groups in total. The summed E-state index contributed by atoms with van der Waals surface area (Å²) in [7, 11) is 0. The molecule has 2 heterocycles. The number of carbonyl (C=O) groups is 2. The fourth-order valence-electron chi connectivity index (χ4n) is 2.36. The Balaban J connectivity index is 2.49. The Kier molecular flexibility index (Phi) is 3.71. The van der Waals surface area contributed by atoms with Crippen LogP contribution in [0, 0.1) is 6.92 Å². The third-order valence-corrected chi connectivity index (χ3v) is 4.45. The standard InChI is InChI=1S/C13H16O4S/c1-4-8-7(3)18-11(9(8)5-2)10-12(14)16-6-17-13(10)15/h10H,4-6H2,1-3H3. The van der Waals surface area contributed by atoms with E-state index < -0.39 is 17.9 Å². The van der Waals surface area contributed by atoms with Crippen molar-refractivity contribution in [1.82, 2.24) is 0 Å². The first-order chi connectivity index (χ1) is 8.60. The average molecular weight is 268 g/mol. The number of rotatable bonds is 3. The van der Waals surface area contributed by atoms with Gasteiger partial charge in [0.15, 0.2) is 5.92 Å². The van der Waals surface area contributed by atoms with E-state index in [1.54, 1.807) is 0 Å². The van der Waals surface area contributed by atoms with Crippen LogP contribution >= 0.6 is 11.3 Å². The topological polar surface area (TPSA) is 52.6 Å². The second-order valence-corrected chi connectivity index (χ2v) is 5.42. The number of cyclic esters (lactones) is 2. The Morgan fingerprint density at radius 2 is 1.67 bits per heavy atom. The van der Waals surface area contributed by atoms with Crippen LogP contribution in [-0.4, -0.2) is 18.7 Å². The Morgan fingerprint density at radius 3 is 2.17 bits per heavy atom. The van der Waals surface area contributed by atoms with Crippen molar-refractivity contribution in [3.8, 4) is 0 Å². The fourth-order valence-corrected chi connectivity index (χ4v) is 3.78. The van der Waals surface area contributed by atoms with Crippen molar-refractivity contribution >= 4 is 23.3 Å². The van der Waals surface area contributed by atoms with Gasteiger partial charge in [0, 0.05) is 9.75 Å². The molecular weight excluding hydrogens is 252 g/mol. The van der Waals surface area contributed by atoms with Gasteiger partial charge in [-0.2, -0.15) is 0 Å². The highest BCUT2D eigenvalue weighted by Gasteiger charge is 2.38. The first kappa shape index (κ1) is 13.1. The molecule has 1 aliphatic heterocycles. The number of thiophene rings is 1. The maximum Gasteiger partial charge on any atom is 0.328 e. The summed E-state index contributed by atoms with van der Waals surface area (Å²) in [6, 6.07) is 0. The molecule has 98 valence electrons. The van der Waals surface area contributed by atoms with E-state index in [1.165, 1.54) is 16.9 Å². The maximum atomic E-state index is 11.8. The number of esters is 2. The minimum atomic E-state index is -0.891. The number of hydrogen-bond acceptors (Lipinski definition) is 5. The first-order valence-electron chi connectivity index (χ1n) is 6.04. The molecule has 1 aromatic rings. The van der Waals surface area contributed by atoms with Crippen molar-refractivity contribution in [3.63, 3.8) is 0 Å². The molecule has 4 nitrogen and oxygen atoms in total. The van der Waals surface area contributed by atoms with Gasteiger partial charge in [0.1, 0.15) is 0 Å². The van der Waals surface area contributed by atoms with Crippen LogP contribution < -0.4 is 0 Å². The highest BCUT2D eigenvalue weighted by molar-refractivity contribution is 7.12. The van der Waals surface area contributed by atoms with Crippen LogP contribution in [0.5, 0.6) is 0 Å². The van der Waals surface area contributed by atoms with Crippen LogP contribution in [0.25, 0.3) is 0 Å². The second-order valence-electron chi connectivity index (χ2n) is 4.16. The molecule has 0 atom stereocenters. The van der Waals surface area contributed by atoms with Crippen LogP contribution in [-0.2, 0) is 31.9 Å². The molecule has 18 heavy (non-hydrogen) atoms. The van der Waals surface area contributed by atoms with E-state index >= 15 is 0 Å². The summed E-state index contributed by atoms with van der Waals surface area (Å²) < 4.78 is 9.64. The molecule has 0 amide bonds. The van der Waals surface area contributed by atoms with Gasteiger partial charge < -0.3 is 9.47 Å². The van der Waals surface area contributed by atoms with Crippen molar-refractivity contribution < 1.29 is 19.1 Å². The van der Waals surface area contributed by atoms with E-state index in [-0.39, 0.29) is 6.79 Å². The van der Waals surface area contributed by atoms with Gasteiger partial charge in [-0.1, -0.05) is 13.8 Å². The van der Waals surface area contributed by atoms with Gasteiger partial charge in [0.2, 0.25) is 6.79 Å². The van der Waals surface area contributed by atoms with E-state index in [9.17, 15) is 9.59 Å². The van der Waals surface area contributed by atoms with E-state index in [1.807, 2.05) is 13.8 Å².